The second-order valence-corrected chi connectivity index (χ2v) is 10.7. The molecular formula is C24H32N4O4S. The maximum absolute atomic E-state index is 12.9. The zero-order valence-corrected chi connectivity index (χ0v) is 20.1. The monoisotopic (exact) mass is 472 g/mol. The molecule has 178 valence electrons. The lowest BCUT2D eigenvalue weighted by atomic mass is 10.0. The number of amides is 3. The highest BCUT2D eigenvalue weighted by atomic mass is 32.2. The van der Waals surface area contributed by atoms with Crippen LogP contribution in [0.1, 0.15) is 33.6 Å². The first kappa shape index (κ1) is 24.7. The Balaban J connectivity index is 1.62. The number of carbonyl (C=O) groups is 2. The summed E-state index contributed by atoms with van der Waals surface area (Å²) in [6.07, 6.45) is 1.71. The number of carbonyl (C=O) groups excluding carboxylic acids is 2. The van der Waals surface area contributed by atoms with Crippen molar-refractivity contribution in [1.29, 1.82) is 0 Å². The second-order valence-electron chi connectivity index (χ2n) is 8.79. The molecule has 2 aromatic rings. The lowest BCUT2D eigenvalue weighted by Crippen LogP contribution is -2.48. The summed E-state index contributed by atoms with van der Waals surface area (Å²) in [5.74, 6) is -0.00664. The van der Waals surface area contributed by atoms with Gasteiger partial charge >= 0.3 is 6.03 Å². The fourth-order valence-corrected chi connectivity index (χ4v) is 5.14. The molecule has 9 heteroatoms. The second kappa shape index (κ2) is 10.8. The third-order valence-corrected chi connectivity index (χ3v) is 7.68. The quantitative estimate of drug-likeness (QED) is 0.568. The molecule has 0 aromatic heterocycles. The molecule has 0 saturated carbocycles. The van der Waals surface area contributed by atoms with Crippen LogP contribution in [0.3, 0.4) is 0 Å². The molecule has 0 aliphatic carbocycles. The summed E-state index contributed by atoms with van der Waals surface area (Å²) in [5, 5.41) is 8.17. The summed E-state index contributed by atoms with van der Waals surface area (Å²) in [5.41, 5.74) is 1.08. The lowest BCUT2D eigenvalue weighted by Gasteiger charge is -2.29. The maximum Gasteiger partial charge on any atom is 0.319 e. The van der Waals surface area contributed by atoms with Gasteiger partial charge in [0.25, 0.3) is 0 Å². The van der Waals surface area contributed by atoms with E-state index in [2.05, 4.69) is 22.9 Å². The van der Waals surface area contributed by atoms with Crippen molar-refractivity contribution < 1.29 is 18.0 Å². The zero-order valence-electron chi connectivity index (χ0n) is 19.2. The smallest absolute Gasteiger partial charge is 0.319 e. The summed E-state index contributed by atoms with van der Waals surface area (Å²) >= 11 is 0. The predicted molar refractivity (Wildman–Crippen MR) is 129 cm³/mol. The Morgan fingerprint density at radius 2 is 1.48 bits per heavy atom. The Morgan fingerprint density at radius 3 is 2.06 bits per heavy atom. The van der Waals surface area contributed by atoms with Crippen molar-refractivity contribution in [1.82, 2.24) is 9.62 Å². The molecule has 0 bridgehead atoms. The van der Waals surface area contributed by atoms with Crippen molar-refractivity contribution in [3.63, 3.8) is 0 Å². The normalized spacial score (nSPS) is 16.2. The molecule has 1 atom stereocenters. The van der Waals surface area contributed by atoms with Gasteiger partial charge in [-0.3, -0.25) is 4.79 Å². The van der Waals surface area contributed by atoms with E-state index >= 15 is 0 Å². The van der Waals surface area contributed by atoms with Gasteiger partial charge in [-0.2, -0.15) is 4.31 Å². The average Bonchev–Trinajstić information content (AvgIpc) is 2.78. The van der Waals surface area contributed by atoms with Crippen LogP contribution in [0.2, 0.25) is 0 Å². The van der Waals surface area contributed by atoms with E-state index in [9.17, 15) is 18.0 Å². The number of urea groups is 1. The molecule has 3 N–H and O–H groups in total. The Bertz CT molecular complexity index is 1050. The number of nitrogens with one attached hydrogen (secondary N) is 3. The SMILES string of the molecule is CC1CCN(S(=O)(=O)c2ccc(NC(=O)C(NC(=O)Nc3ccccc3)C(C)C)cc2)CC1. The van der Waals surface area contributed by atoms with Crippen LogP contribution in [0.15, 0.2) is 59.5 Å². The summed E-state index contributed by atoms with van der Waals surface area (Å²) in [7, 11) is -3.55. The summed E-state index contributed by atoms with van der Waals surface area (Å²) in [6.45, 7) is 6.85. The van der Waals surface area contributed by atoms with E-state index in [1.165, 1.54) is 16.4 Å². The minimum absolute atomic E-state index is 0.160. The van der Waals surface area contributed by atoms with E-state index in [1.54, 1.807) is 36.4 Å². The molecule has 1 unspecified atom stereocenters. The number of piperidine rings is 1. The number of rotatable bonds is 7. The molecule has 1 aliphatic heterocycles. The van der Waals surface area contributed by atoms with Crippen LogP contribution >= 0.6 is 0 Å². The van der Waals surface area contributed by atoms with Gasteiger partial charge in [0.05, 0.1) is 4.90 Å². The highest BCUT2D eigenvalue weighted by molar-refractivity contribution is 7.89. The standard InChI is InChI=1S/C24H32N4O4S/c1-17(2)22(27-24(30)26-19-7-5-4-6-8-19)23(29)25-20-9-11-21(12-10-20)33(31,32)28-15-13-18(3)14-16-28/h4-12,17-18,22H,13-16H2,1-3H3,(H,25,29)(H2,26,27,30). The number of hydrogen-bond donors (Lipinski definition) is 3. The molecule has 1 aliphatic rings. The topological polar surface area (TPSA) is 108 Å². The fourth-order valence-electron chi connectivity index (χ4n) is 3.67. The van der Waals surface area contributed by atoms with E-state index in [0.717, 1.165) is 12.8 Å². The van der Waals surface area contributed by atoms with Gasteiger partial charge in [-0.25, -0.2) is 13.2 Å². The molecule has 0 radical (unpaired) electrons. The Hall–Kier alpha value is -2.91. The predicted octanol–water partition coefficient (Wildman–Crippen LogP) is 3.89. The number of benzene rings is 2. The minimum atomic E-state index is -3.55. The minimum Gasteiger partial charge on any atom is -0.326 e. The molecule has 1 fully saturated rings. The molecule has 33 heavy (non-hydrogen) atoms. The molecule has 1 heterocycles. The summed E-state index contributed by atoms with van der Waals surface area (Å²) < 4.78 is 27.3. The van der Waals surface area contributed by atoms with Crippen LogP contribution in [0.4, 0.5) is 16.2 Å². The van der Waals surface area contributed by atoms with Gasteiger partial charge < -0.3 is 16.0 Å². The van der Waals surface area contributed by atoms with Gasteiger partial charge in [-0.05, 0) is 61.1 Å². The number of sulfonamides is 1. The first-order valence-corrected chi connectivity index (χ1v) is 12.6. The van der Waals surface area contributed by atoms with Crippen molar-refractivity contribution in [2.75, 3.05) is 23.7 Å². The van der Waals surface area contributed by atoms with E-state index in [1.807, 2.05) is 19.9 Å². The largest absolute Gasteiger partial charge is 0.326 e. The summed E-state index contributed by atoms with van der Waals surface area (Å²) in [6, 6.07) is 13.9. The molecule has 3 amide bonds. The fraction of sp³-hybridized carbons (Fsp3) is 0.417. The van der Waals surface area contributed by atoms with Gasteiger partial charge in [-0.15, -0.1) is 0 Å². The third-order valence-electron chi connectivity index (χ3n) is 5.77. The lowest BCUT2D eigenvalue weighted by molar-refractivity contribution is -0.118. The maximum atomic E-state index is 12.9. The highest BCUT2D eigenvalue weighted by Crippen LogP contribution is 2.24. The Kier molecular flexibility index (Phi) is 8.10. The van der Waals surface area contributed by atoms with Crippen molar-refractivity contribution in [2.45, 2.75) is 44.6 Å². The van der Waals surface area contributed by atoms with Crippen molar-refractivity contribution in [2.24, 2.45) is 11.8 Å². The Morgan fingerprint density at radius 1 is 0.909 bits per heavy atom. The van der Waals surface area contributed by atoms with Gasteiger partial charge in [0, 0.05) is 24.5 Å². The highest BCUT2D eigenvalue weighted by Gasteiger charge is 2.28. The molecule has 0 spiro atoms. The van der Waals surface area contributed by atoms with Crippen LogP contribution in [0.25, 0.3) is 0 Å². The zero-order chi connectivity index (χ0) is 24.0. The number of anilines is 2. The van der Waals surface area contributed by atoms with E-state index in [0.29, 0.717) is 30.4 Å². The van der Waals surface area contributed by atoms with Crippen LogP contribution < -0.4 is 16.0 Å². The molecule has 2 aromatic carbocycles. The number of para-hydroxylation sites is 1. The van der Waals surface area contributed by atoms with E-state index in [4.69, 9.17) is 0 Å². The van der Waals surface area contributed by atoms with Crippen LogP contribution in [0.5, 0.6) is 0 Å². The van der Waals surface area contributed by atoms with E-state index in [-0.39, 0.29) is 16.7 Å². The van der Waals surface area contributed by atoms with Crippen LogP contribution in [-0.4, -0.2) is 43.8 Å². The number of nitrogens with zero attached hydrogens (tertiary/aromatic N) is 1. The van der Waals surface area contributed by atoms with E-state index < -0.39 is 22.1 Å². The average molecular weight is 473 g/mol. The molecule has 1 saturated heterocycles. The van der Waals surface area contributed by atoms with Crippen molar-refractivity contribution >= 4 is 33.3 Å². The Labute approximate surface area is 195 Å². The number of hydrogen-bond acceptors (Lipinski definition) is 4. The van der Waals surface area contributed by atoms with Gasteiger partial charge in [0.1, 0.15) is 6.04 Å². The van der Waals surface area contributed by atoms with Gasteiger partial charge in [-0.1, -0.05) is 39.0 Å². The molecular weight excluding hydrogens is 440 g/mol. The van der Waals surface area contributed by atoms with Gasteiger partial charge in [0.15, 0.2) is 0 Å². The van der Waals surface area contributed by atoms with Crippen molar-refractivity contribution in [3.8, 4) is 0 Å². The first-order chi connectivity index (χ1) is 15.7. The van der Waals surface area contributed by atoms with Crippen LogP contribution in [0, 0.1) is 11.8 Å². The summed E-state index contributed by atoms with van der Waals surface area (Å²) in [4.78, 5) is 25.4. The first-order valence-electron chi connectivity index (χ1n) is 11.2. The van der Waals surface area contributed by atoms with Gasteiger partial charge in [0.2, 0.25) is 15.9 Å². The third kappa shape index (κ3) is 6.55. The molecule has 3 rings (SSSR count). The van der Waals surface area contributed by atoms with Crippen molar-refractivity contribution in [3.05, 3.63) is 54.6 Å². The van der Waals surface area contributed by atoms with Crippen LogP contribution in [-0.2, 0) is 14.8 Å². The molecule has 8 nitrogen and oxygen atoms in total.